The first-order chi connectivity index (χ1) is 5.83. The van der Waals surface area contributed by atoms with Crippen LogP contribution in [0.2, 0.25) is 0 Å². The minimum absolute atomic E-state index is 0.106. The second kappa shape index (κ2) is 2.58. The van der Waals surface area contributed by atoms with Gasteiger partial charge in [-0.1, -0.05) is 12.1 Å². The van der Waals surface area contributed by atoms with Gasteiger partial charge in [-0.15, -0.1) is 0 Å². The van der Waals surface area contributed by atoms with Crippen LogP contribution in [0.25, 0.3) is 0 Å². The van der Waals surface area contributed by atoms with Crippen molar-refractivity contribution in [2.75, 3.05) is 6.54 Å². The van der Waals surface area contributed by atoms with E-state index in [1.54, 1.807) is 6.07 Å². The van der Waals surface area contributed by atoms with Gasteiger partial charge in [-0.3, -0.25) is 0 Å². The van der Waals surface area contributed by atoms with Gasteiger partial charge < -0.3 is 16.1 Å². The fraction of sp³-hybridized carbons (Fsp3) is 0.125. The minimum atomic E-state index is 0.106. The number of quaternary nitrogens is 1. The van der Waals surface area contributed by atoms with Crippen LogP contribution in [0.4, 0.5) is 5.69 Å². The summed E-state index contributed by atoms with van der Waals surface area (Å²) < 4.78 is 0. The van der Waals surface area contributed by atoms with Gasteiger partial charge in [0.05, 0.1) is 5.56 Å². The SMILES string of the molecule is NN=C1C[NH+]([O-])c2ccccc21. The summed E-state index contributed by atoms with van der Waals surface area (Å²) >= 11 is 0. The molecule has 0 amide bonds. The fourth-order valence-corrected chi connectivity index (χ4v) is 1.44. The normalized spacial score (nSPS) is 24.4. The molecular weight excluding hydrogens is 154 g/mol. The summed E-state index contributed by atoms with van der Waals surface area (Å²) in [4.78, 5) is 0. The number of benzene rings is 1. The van der Waals surface area contributed by atoms with Gasteiger partial charge in [0.2, 0.25) is 0 Å². The molecule has 1 aliphatic heterocycles. The lowest BCUT2D eigenvalue weighted by molar-refractivity contribution is -0.760. The highest BCUT2D eigenvalue weighted by molar-refractivity contribution is 6.06. The quantitative estimate of drug-likeness (QED) is 0.304. The monoisotopic (exact) mass is 163 g/mol. The van der Waals surface area contributed by atoms with Gasteiger partial charge in [-0.2, -0.15) is 5.10 Å². The van der Waals surface area contributed by atoms with Crippen molar-refractivity contribution in [2.24, 2.45) is 10.9 Å². The maximum atomic E-state index is 11.3. The number of nitrogens with two attached hydrogens (primary N) is 1. The van der Waals surface area contributed by atoms with Crippen LogP contribution in [0.15, 0.2) is 29.4 Å². The Balaban J connectivity index is 2.57. The van der Waals surface area contributed by atoms with Gasteiger partial charge in [0.1, 0.15) is 17.9 Å². The third kappa shape index (κ3) is 0.895. The Kier molecular flexibility index (Phi) is 1.56. The molecule has 0 spiro atoms. The molecule has 4 heteroatoms. The molecule has 1 atom stereocenters. The second-order valence-electron chi connectivity index (χ2n) is 2.72. The molecule has 12 heavy (non-hydrogen) atoms. The number of nitrogens with one attached hydrogen (secondary N) is 1. The van der Waals surface area contributed by atoms with Gasteiger partial charge in [-0.05, 0) is 6.07 Å². The van der Waals surface area contributed by atoms with E-state index in [-0.39, 0.29) is 5.06 Å². The zero-order valence-electron chi connectivity index (χ0n) is 6.45. The minimum Gasteiger partial charge on any atom is -0.629 e. The highest BCUT2D eigenvalue weighted by Gasteiger charge is 2.23. The summed E-state index contributed by atoms with van der Waals surface area (Å²) in [6, 6.07) is 7.39. The summed E-state index contributed by atoms with van der Waals surface area (Å²) in [6.45, 7) is 0.343. The van der Waals surface area contributed by atoms with Gasteiger partial charge >= 0.3 is 0 Å². The number of hydrazone groups is 1. The Labute approximate surface area is 69.9 Å². The Morgan fingerprint density at radius 3 is 2.92 bits per heavy atom. The molecule has 0 saturated heterocycles. The van der Waals surface area contributed by atoms with Crippen LogP contribution in [0.3, 0.4) is 0 Å². The van der Waals surface area contributed by atoms with Crippen LogP contribution in [0.1, 0.15) is 5.56 Å². The number of rotatable bonds is 0. The van der Waals surface area contributed by atoms with Gasteiger partial charge in [0.25, 0.3) is 0 Å². The van der Waals surface area contributed by atoms with E-state index < -0.39 is 0 Å². The highest BCUT2D eigenvalue weighted by Crippen LogP contribution is 2.15. The predicted molar refractivity (Wildman–Crippen MR) is 46.0 cm³/mol. The van der Waals surface area contributed by atoms with E-state index in [1.807, 2.05) is 18.2 Å². The second-order valence-corrected chi connectivity index (χ2v) is 2.72. The average molecular weight is 163 g/mol. The summed E-state index contributed by atoms with van der Waals surface area (Å²) in [5, 5.41) is 15.0. The van der Waals surface area contributed by atoms with E-state index in [1.165, 1.54) is 0 Å². The summed E-state index contributed by atoms with van der Waals surface area (Å²) in [5.41, 5.74) is 2.31. The molecule has 62 valence electrons. The van der Waals surface area contributed by atoms with Crippen molar-refractivity contribution in [3.8, 4) is 0 Å². The number of para-hydroxylation sites is 1. The number of nitrogens with zero attached hydrogens (tertiary/aromatic N) is 1. The van der Waals surface area contributed by atoms with Crippen LogP contribution in [0.5, 0.6) is 0 Å². The molecule has 1 aromatic rings. The van der Waals surface area contributed by atoms with Crippen molar-refractivity contribution in [2.45, 2.75) is 0 Å². The van der Waals surface area contributed by atoms with Crippen molar-refractivity contribution in [1.82, 2.24) is 0 Å². The van der Waals surface area contributed by atoms with Crippen LogP contribution in [-0.2, 0) is 0 Å². The highest BCUT2D eigenvalue weighted by atomic mass is 16.5. The predicted octanol–water partition coefficient (Wildman–Crippen LogP) is -0.623. The molecule has 0 saturated carbocycles. The number of hydroxylamine groups is 1. The molecule has 0 aromatic heterocycles. The first-order valence-corrected chi connectivity index (χ1v) is 3.72. The van der Waals surface area contributed by atoms with E-state index in [2.05, 4.69) is 5.10 Å². The molecule has 0 bridgehead atoms. The first-order valence-electron chi connectivity index (χ1n) is 3.72. The first kappa shape index (κ1) is 7.27. The largest absolute Gasteiger partial charge is 0.629 e. The van der Waals surface area contributed by atoms with Crippen molar-refractivity contribution in [1.29, 1.82) is 0 Å². The average Bonchev–Trinajstić information content (AvgIpc) is 2.44. The molecule has 0 aliphatic carbocycles. The molecule has 1 aliphatic rings. The maximum absolute atomic E-state index is 11.3. The topological polar surface area (TPSA) is 65.9 Å². The Morgan fingerprint density at radius 1 is 1.42 bits per heavy atom. The Bertz CT molecular complexity index is 335. The van der Waals surface area contributed by atoms with E-state index in [0.29, 0.717) is 12.3 Å². The molecule has 1 heterocycles. The number of hydrogen-bond acceptors (Lipinski definition) is 3. The molecule has 2 rings (SSSR count). The van der Waals surface area contributed by atoms with E-state index in [4.69, 9.17) is 5.84 Å². The molecular formula is C8H9N3O. The fourth-order valence-electron chi connectivity index (χ4n) is 1.44. The smallest absolute Gasteiger partial charge is 0.140 e. The summed E-state index contributed by atoms with van der Waals surface area (Å²) in [5.74, 6) is 5.15. The number of hydrogen-bond donors (Lipinski definition) is 2. The third-order valence-electron chi connectivity index (χ3n) is 2.02. The van der Waals surface area contributed by atoms with Gasteiger partial charge in [0.15, 0.2) is 0 Å². The van der Waals surface area contributed by atoms with E-state index in [9.17, 15) is 5.21 Å². The van der Waals surface area contributed by atoms with Crippen LogP contribution in [0, 0.1) is 5.21 Å². The van der Waals surface area contributed by atoms with Crippen LogP contribution in [-0.4, -0.2) is 12.3 Å². The van der Waals surface area contributed by atoms with Crippen molar-refractivity contribution in [3.63, 3.8) is 0 Å². The lowest BCUT2D eigenvalue weighted by Gasteiger charge is -2.13. The number of fused-ring (bicyclic) bond motifs is 1. The maximum Gasteiger partial charge on any atom is 0.140 e. The van der Waals surface area contributed by atoms with Crippen LogP contribution >= 0.6 is 0 Å². The summed E-state index contributed by atoms with van der Waals surface area (Å²) in [6.07, 6.45) is 0. The standard InChI is InChI=1S/C8H9N3O/c9-10-7-5-11(12)8-4-2-1-3-6(7)8/h1-4,11H,5,9H2. The molecule has 0 radical (unpaired) electrons. The molecule has 4 nitrogen and oxygen atoms in total. The lowest BCUT2D eigenvalue weighted by Crippen LogP contribution is -3.01. The summed E-state index contributed by atoms with van der Waals surface area (Å²) in [7, 11) is 0. The molecule has 3 N–H and O–H groups in total. The lowest BCUT2D eigenvalue weighted by atomic mass is 10.1. The molecule has 1 unspecified atom stereocenters. The Morgan fingerprint density at radius 2 is 2.17 bits per heavy atom. The van der Waals surface area contributed by atoms with Gasteiger partial charge in [-0.25, -0.2) is 0 Å². The third-order valence-corrected chi connectivity index (χ3v) is 2.02. The van der Waals surface area contributed by atoms with Crippen molar-refractivity contribution >= 4 is 11.4 Å². The zero-order valence-corrected chi connectivity index (χ0v) is 6.45. The van der Waals surface area contributed by atoms with Crippen LogP contribution < -0.4 is 10.9 Å². The molecule has 0 fully saturated rings. The van der Waals surface area contributed by atoms with Gasteiger partial charge in [0, 0.05) is 6.07 Å². The van der Waals surface area contributed by atoms with Crippen molar-refractivity contribution < 1.29 is 5.06 Å². The zero-order chi connectivity index (χ0) is 8.55. The van der Waals surface area contributed by atoms with E-state index in [0.717, 1.165) is 11.3 Å². The van der Waals surface area contributed by atoms with Crippen molar-refractivity contribution in [3.05, 3.63) is 35.0 Å². The van der Waals surface area contributed by atoms with E-state index >= 15 is 0 Å². The Hall–Kier alpha value is -1.39. The molecule has 1 aromatic carbocycles.